The first-order valence-corrected chi connectivity index (χ1v) is 4.72. The van der Waals surface area contributed by atoms with Gasteiger partial charge in [0.1, 0.15) is 17.4 Å². The number of ether oxygens (including phenoxy) is 1. The third-order valence-electron chi connectivity index (χ3n) is 1.80. The number of rotatable bonds is 3. The van der Waals surface area contributed by atoms with Crippen molar-refractivity contribution in [1.82, 2.24) is 0 Å². The minimum Gasteiger partial charge on any atom is -0.495 e. The highest BCUT2D eigenvalue weighted by molar-refractivity contribution is 9.10. The van der Waals surface area contributed by atoms with Crippen molar-refractivity contribution in [3.05, 3.63) is 27.7 Å². The van der Waals surface area contributed by atoms with Gasteiger partial charge in [-0.15, -0.1) is 0 Å². The van der Waals surface area contributed by atoms with E-state index in [0.29, 0.717) is 0 Å². The average Bonchev–Trinajstić information content (AvgIpc) is 2.18. The van der Waals surface area contributed by atoms with Gasteiger partial charge in [-0.05, 0) is 15.9 Å². The smallest absolute Gasteiger partial charge is 0.147 e. The molecule has 0 aromatic heterocycles. The summed E-state index contributed by atoms with van der Waals surface area (Å²) in [6.07, 6.45) is -0.0553. The van der Waals surface area contributed by atoms with Gasteiger partial charge in [0.05, 0.1) is 11.6 Å². The molecule has 5 heteroatoms. The summed E-state index contributed by atoms with van der Waals surface area (Å²) < 4.78 is 31.5. The van der Waals surface area contributed by atoms with Gasteiger partial charge in [0.15, 0.2) is 0 Å². The predicted molar refractivity (Wildman–Crippen MR) is 51.4 cm³/mol. The summed E-state index contributed by atoms with van der Waals surface area (Å²) in [5.41, 5.74) is -0.139. The molecule has 2 nitrogen and oxygen atoms in total. The van der Waals surface area contributed by atoms with Gasteiger partial charge >= 0.3 is 0 Å². The Kier molecular flexibility index (Phi) is 3.83. The molecule has 0 amide bonds. The number of methoxy groups -OCH3 is 1. The summed E-state index contributed by atoms with van der Waals surface area (Å²) in [6, 6.07) is 1.08. The molecule has 78 valence electrons. The van der Waals surface area contributed by atoms with Crippen LogP contribution in [0.4, 0.5) is 8.78 Å². The van der Waals surface area contributed by atoms with E-state index in [1.54, 1.807) is 0 Å². The number of hydrogen-bond donors (Lipinski definition) is 1. The molecule has 1 rings (SSSR count). The molecule has 0 radical (unpaired) electrons. The summed E-state index contributed by atoms with van der Waals surface area (Å²) in [5, 5.41) is 8.61. The highest BCUT2D eigenvalue weighted by atomic mass is 79.9. The van der Waals surface area contributed by atoms with E-state index >= 15 is 0 Å². The highest BCUT2D eigenvalue weighted by Crippen LogP contribution is 2.31. The first-order valence-electron chi connectivity index (χ1n) is 3.93. The Morgan fingerprint density at radius 2 is 2.14 bits per heavy atom. The lowest BCUT2D eigenvalue weighted by molar-refractivity contribution is 0.294. The monoisotopic (exact) mass is 266 g/mol. The van der Waals surface area contributed by atoms with Crippen LogP contribution < -0.4 is 4.74 Å². The third-order valence-corrected chi connectivity index (χ3v) is 2.54. The van der Waals surface area contributed by atoms with E-state index in [1.807, 2.05) is 0 Å². The zero-order valence-corrected chi connectivity index (χ0v) is 9.07. The second-order valence-corrected chi connectivity index (χ2v) is 3.43. The van der Waals surface area contributed by atoms with E-state index in [-0.39, 0.29) is 28.8 Å². The van der Waals surface area contributed by atoms with Crippen LogP contribution in [0.25, 0.3) is 0 Å². The lowest BCUT2D eigenvalue weighted by atomic mass is 10.1. The van der Waals surface area contributed by atoms with Crippen LogP contribution in [-0.4, -0.2) is 18.8 Å². The van der Waals surface area contributed by atoms with Crippen molar-refractivity contribution in [3.63, 3.8) is 0 Å². The average molecular weight is 267 g/mol. The number of aliphatic hydroxyl groups is 1. The Hall–Kier alpha value is -0.680. The molecule has 0 spiro atoms. The molecule has 0 unspecified atom stereocenters. The molecular weight excluding hydrogens is 258 g/mol. The second kappa shape index (κ2) is 4.70. The Morgan fingerprint density at radius 3 is 2.64 bits per heavy atom. The minimum absolute atomic E-state index is 0.0553. The molecule has 1 N–H and O–H groups in total. The van der Waals surface area contributed by atoms with Crippen LogP contribution in [0.5, 0.6) is 5.75 Å². The Morgan fingerprint density at radius 1 is 1.50 bits per heavy atom. The maximum absolute atomic E-state index is 13.4. The van der Waals surface area contributed by atoms with Gasteiger partial charge in [-0.1, -0.05) is 0 Å². The van der Waals surface area contributed by atoms with E-state index in [2.05, 4.69) is 15.9 Å². The van der Waals surface area contributed by atoms with Crippen molar-refractivity contribution in [1.29, 1.82) is 0 Å². The van der Waals surface area contributed by atoms with Gasteiger partial charge < -0.3 is 9.84 Å². The van der Waals surface area contributed by atoms with Gasteiger partial charge in [-0.3, -0.25) is 0 Å². The fourth-order valence-electron chi connectivity index (χ4n) is 1.10. The zero-order chi connectivity index (χ0) is 10.7. The molecule has 0 atom stereocenters. The van der Waals surface area contributed by atoms with Crippen LogP contribution in [-0.2, 0) is 6.42 Å². The predicted octanol–water partition coefficient (Wildman–Crippen LogP) is 2.27. The molecule has 0 aliphatic carbocycles. The fourth-order valence-corrected chi connectivity index (χ4v) is 1.62. The van der Waals surface area contributed by atoms with Gasteiger partial charge in [0.2, 0.25) is 0 Å². The number of aliphatic hydroxyl groups excluding tert-OH is 1. The first-order chi connectivity index (χ1) is 6.61. The maximum Gasteiger partial charge on any atom is 0.147 e. The van der Waals surface area contributed by atoms with Crippen LogP contribution in [0.1, 0.15) is 5.56 Å². The highest BCUT2D eigenvalue weighted by Gasteiger charge is 2.16. The SMILES string of the molecule is COc1cc(F)c(CCO)c(F)c1Br. The molecule has 0 saturated carbocycles. The van der Waals surface area contributed by atoms with E-state index in [0.717, 1.165) is 6.07 Å². The number of halogens is 3. The number of benzene rings is 1. The van der Waals surface area contributed by atoms with E-state index < -0.39 is 11.6 Å². The molecule has 0 saturated heterocycles. The zero-order valence-electron chi connectivity index (χ0n) is 7.48. The van der Waals surface area contributed by atoms with E-state index in [1.165, 1.54) is 7.11 Å². The maximum atomic E-state index is 13.4. The van der Waals surface area contributed by atoms with Gasteiger partial charge in [0.25, 0.3) is 0 Å². The molecule has 0 bridgehead atoms. The number of hydrogen-bond acceptors (Lipinski definition) is 2. The van der Waals surface area contributed by atoms with Crippen molar-refractivity contribution in [2.45, 2.75) is 6.42 Å². The van der Waals surface area contributed by atoms with Gasteiger partial charge in [0, 0.05) is 24.7 Å². The van der Waals surface area contributed by atoms with Crippen LogP contribution in [0.2, 0.25) is 0 Å². The van der Waals surface area contributed by atoms with Gasteiger partial charge in [-0.25, -0.2) is 8.78 Å². The summed E-state index contributed by atoms with van der Waals surface area (Å²) >= 11 is 2.95. The molecule has 0 aliphatic rings. The third kappa shape index (κ3) is 2.04. The van der Waals surface area contributed by atoms with E-state index in [4.69, 9.17) is 9.84 Å². The lowest BCUT2D eigenvalue weighted by Gasteiger charge is -2.09. The summed E-state index contributed by atoms with van der Waals surface area (Å²) in [4.78, 5) is 0. The van der Waals surface area contributed by atoms with Crippen molar-refractivity contribution < 1.29 is 18.6 Å². The van der Waals surface area contributed by atoms with Crippen LogP contribution >= 0.6 is 15.9 Å². The van der Waals surface area contributed by atoms with E-state index in [9.17, 15) is 8.78 Å². The van der Waals surface area contributed by atoms with Crippen molar-refractivity contribution in [3.8, 4) is 5.75 Å². The van der Waals surface area contributed by atoms with Crippen LogP contribution in [0.3, 0.4) is 0 Å². The normalized spacial score (nSPS) is 10.4. The van der Waals surface area contributed by atoms with Crippen LogP contribution in [0.15, 0.2) is 10.5 Å². The molecule has 0 aliphatic heterocycles. The summed E-state index contributed by atoms with van der Waals surface area (Å²) in [7, 11) is 1.32. The summed E-state index contributed by atoms with van der Waals surface area (Å²) in [6.45, 7) is -0.299. The molecule has 0 fully saturated rings. The molecule has 0 heterocycles. The Balaban J connectivity index is 3.26. The molecule has 1 aromatic rings. The lowest BCUT2D eigenvalue weighted by Crippen LogP contribution is -2.01. The minimum atomic E-state index is -0.726. The Bertz CT molecular complexity index is 342. The quantitative estimate of drug-likeness (QED) is 0.851. The molecular formula is C9H9BrF2O2. The van der Waals surface area contributed by atoms with Gasteiger partial charge in [-0.2, -0.15) is 0 Å². The molecule has 14 heavy (non-hydrogen) atoms. The fraction of sp³-hybridized carbons (Fsp3) is 0.333. The van der Waals surface area contributed by atoms with Crippen LogP contribution in [0, 0.1) is 11.6 Å². The van der Waals surface area contributed by atoms with Crippen molar-refractivity contribution in [2.24, 2.45) is 0 Å². The largest absolute Gasteiger partial charge is 0.495 e. The van der Waals surface area contributed by atoms with Crippen molar-refractivity contribution in [2.75, 3.05) is 13.7 Å². The topological polar surface area (TPSA) is 29.5 Å². The second-order valence-electron chi connectivity index (χ2n) is 2.64. The molecule has 1 aromatic carbocycles. The van der Waals surface area contributed by atoms with Crippen molar-refractivity contribution >= 4 is 15.9 Å². The standard InChI is InChI=1S/C9H9BrF2O2/c1-14-7-4-6(11)5(2-3-13)9(12)8(7)10/h4,13H,2-3H2,1H3. The Labute approximate surface area is 88.6 Å². The first kappa shape index (κ1) is 11.4. The summed E-state index contributed by atoms with van der Waals surface area (Å²) in [5.74, 6) is -1.34.